The molecule has 0 aliphatic heterocycles. The van der Waals surface area contributed by atoms with E-state index >= 15 is 0 Å². The summed E-state index contributed by atoms with van der Waals surface area (Å²) in [6, 6.07) is 5.67. The minimum Gasteiger partial charge on any atom is -0.423 e. The van der Waals surface area contributed by atoms with Gasteiger partial charge in [0.25, 0.3) is 0 Å². The average molecular weight is 215 g/mol. The maximum Gasteiger partial charge on any atom is 0.488 e. The Morgan fingerprint density at radius 2 is 1.93 bits per heavy atom. The zero-order chi connectivity index (χ0) is 9.84. The number of rotatable bonds is 2. The predicted molar refractivity (Wildman–Crippen MR) is 54.0 cm³/mol. The molecule has 0 saturated heterocycles. The van der Waals surface area contributed by atoms with Crippen LogP contribution < -0.4 is 5.46 Å². The fourth-order valence-corrected chi connectivity index (χ4v) is 1.11. The van der Waals surface area contributed by atoms with E-state index in [1.165, 1.54) is 24.3 Å². The van der Waals surface area contributed by atoms with E-state index in [9.17, 15) is 8.42 Å². The fraction of sp³-hybridized carbons (Fsp3) is 0.143. The molecule has 7 heteroatoms. The Morgan fingerprint density at radius 3 is 2.43 bits per heavy atom. The molecule has 1 aromatic rings. The van der Waals surface area contributed by atoms with E-state index in [2.05, 4.69) is 4.36 Å². The third-order valence-corrected chi connectivity index (χ3v) is 1.71. The van der Waals surface area contributed by atoms with Gasteiger partial charge >= 0.3 is 17.6 Å². The van der Waals surface area contributed by atoms with E-state index in [1.54, 1.807) is 0 Å². The van der Waals surface area contributed by atoms with Crippen LogP contribution in [0, 0.1) is 0 Å². The van der Waals surface area contributed by atoms with Crippen LogP contribution in [0.2, 0.25) is 0 Å². The van der Waals surface area contributed by atoms with Crippen LogP contribution in [0.15, 0.2) is 28.6 Å². The standard InChI is InChI=1S/C6H6BNO4S.CH4/c9-7(10)5-2-1-3-6(4-5)8-13(11)12;/h1-4,9-10H;1H4. The molecule has 0 atom stereocenters. The van der Waals surface area contributed by atoms with Gasteiger partial charge in [-0.1, -0.05) is 19.6 Å². The van der Waals surface area contributed by atoms with Gasteiger partial charge in [-0.25, -0.2) is 0 Å². The molecule has 0 aliphatic carbocycles. The van der Waals surface area contributed by atoms with Crippen molar-refractivity contribution in [1.29, 1.82) is 0 Å². The Hall–Kier alpha value is -1.18. The molecule has 0 aliphatic rings. The van der Waals surface area contributed by atoms with Crippen molar-refractivity contribution in [3.05, 3.63) is 24.3 Å². The van der Waals surface area contributed by atoms with Crippen molar-refractivity contribution < 1.29 is 18.5 Å². The van der Waals surface area contributed by atoms with Gasteiger partial charge in [-0.05, 0) is 17.6 Å². The molecular weight excluding hydrogens is 205 g/mol. The number of benzene rings is 1. The maximum atomic E-state index is 10.2. The fourth-order valence-electron chi connectivity index (χ4n) is 0.828. The molecule has 0 saturated carbocycles. The molecule has 0 bridgehead atoms. The van der Waals surface area contributed by atoms with Crippen LogP contribution in [-0.4, -0.2) is 25.6 Å². The summed E-state index contributed by atoms with van der Waals surface area (Å²) in [7, 11) is -4.14. The van der Waals surface area contributed by atoms with Gasteiger partial charge in [-0.15, -0.1) is 4.36 Å². The molecule has 14 heavy (non-hydrogen) atoms. The van der Waals surface area contributed by atoms with Crippen LogP contribution in [0.25, 0.3) is 0 Å². The lowest BCUT2D eigenvalue weighted by molar-refractivity contribution is 0.426. The van der Waals surface area contributed by atoms with E-state index in [0.29, 0.717) is 0 Å². The van der Waals surface area contributed by atoms with Crippen molar-refractivity contribution in [2.45, 2.75) is 7.43 Å². The zero-order valence-corrected chi connectivity index (χ0v) is 7.27. The summed E-state index contributed by atoms with van der Waals surface area (Å²) in [6.45, 7) is 0. The van der Waals surface area contributed by atoms with E-state index in [1.807, 2.05) is 0 Å². The van der Waals surface area contributed by atoms with Gasteiger partial charge in [0.1, 0.15) is 0 Å². The molecule has 0 fully saturated rings. The van der Waals surface area contributed by atoms with Crippen molar-refractivity contribution >= 4 is 28.8 Å². The monoisotopic (exact) mass is 215 g/mol. The third kappa shape index (κ3) is 3.69. The highest BCUT2D eigenvalue weighted by Crippen LogP contribution is 2.07. The van der Waals surface area contributed by atoms with Gasteiger partial charge in [0.2, 0.25) is 0 Å². The average Bonchev–Trinajstić information content (AvgIpc) is 2.03. The maximum absolute atomic E-state index is 10.2. The summed E-state index contributed by atoms with van der Waals surface area (Å²) >= 11 is 0. The summed E-state index contributed by atoms with van der Waals surface area (Å²) < 4.78 is 23.5. The first-order chi connectivity index (χ1) is 6.09. The van der Waals surface area contributed by atoms with Crippen LogP contribution in [-0.2, 0) is 10.5 Å². The van der Waals surface area contributed by atoms with Gasteiger partial charge < -0.3 is 10.0 Å². The number of hydrogen-bond acceptors (Lipinski definition) is 5. The quantitative estimate of drug-likeness (QED) is 0.662. The second-order valence-corrected chi connectivity index (χ2v) is 2.89. The Kier molecular flexibility index (Phi) is 5.07. The molecule has 0 heterocycles. The van der Waals surface area contributed by atoms with Crippen LogP contribution in [0.3, 0.4) is 0 Å². The summed E-state index contributed by atoms with van der Waals surface area (Å²) in [5.41, 5.74) is 0.366. The minimum atomic E-state index is -2.53. The van der Waals surface area contributed by atoms with Crippen LogP contribution in [0.5, 0.6) is 0 Å². The van der Waals surface area contributed by atoms with Crippen LogP contribution >= 0.6 is 0 Å². The highest BCUT2D eigenvalue weighted by atomic mass is 32.2. The normalized spacial score (nSPS) is 8.71. The van der Waals surface area contributed by atoms with Crippen LogP contribution in [0.4, 0.5) is 5.69 Å². The van der Waals surface area contributed by atoms with Gasteiger partial charge in [-0.3, -0.25) is 0 Å². The minimum absolute atomic E-state index is 0. The molecular formula is C7H10BNO4S. The topological polar surface area (TPSA) is 87.0 Å². The Bertz CT molecular complexity index is 421. The highest BCUT2D eigenvalue weighted by Gasteiger charge is 2.10. The lowest BCUT2D eigenvalue weighted by atomic mass is 9.80. The molecule has 0 unspecified atom stereocenters. The predicted octanol–water partition coefficient (Wildman–Crippen LogP) is -0.303. The molecule has 0 spiro atoms. The Balaban J connectivity index is 0.00000169. The third-order valence-electron chi connectivity index (χ3n) is 1.35. The summed E-state index contributed by atoms with van der Waals surface area (Å²) in [5, 5.41) is 17.5. The molecule has 0 amide bonds. The molecule has 1 rings (SSSR count). The summed E-state index contributed by atoms with van der Waals surface area (Å²) in [6.07, 6.45) is 0. The van der Waals surface area contributed by atoms with Crippen LogP contribution in [0.1, 0.15) is 7.43 Å². The van der Waals surface area contributed by atoms with E-state index in [4.69, 9.17) is 10.0 Å². The van der Waals surface area contributed by atoms with Gasteiger partial charge in [0, 0.05) is 0 Å². The second kappa shape index (κ2) is 5.53. The van der Waals surface area contributed by atoms with Crippen molar-refractivity contribution in [3.8, 4) is 0 Å². The van der Waals surface area contributed by atoms with Crippen molar-refractivity contribution in [1.82, 2.24) is 0 Å². The largest absolute Gasteiger partial charge is 0.488 e. The Morgan fingerprint density at radius 1 is 1.29 bits per heavy atom. The molecule has 2 N–H and O–H groups in total. The number of nitrogens with zero attached hydrogens (tertiary/aromatic N) is 1. The molecule has 76 valence electrons. The Labute approximate surface area is 83.9 Å². The van der Waals surface area contributed by atoms with Crippen molar-refractivity contribution in [3.63, 3.8) is 0 Å². The first-order valence-corrected chi connectivity index (χ1v) is 4.40. The lowest BCUT2D eigenvalue weighted by Gasteiger charge is -1.97. The smallest absolute Gasteiger partial charge is 0.423 e. The van der Waals surface area contributed by atoms with Gasteiger partial charge in [0.05, 0.1) is 5.69 Å². The summed E-state index contributed by atoms with van der Waals surface area (Å²) in [4.78, 5) is 0. The zero-order valence-electron chi connectivity index (χ0n) is 6.45. The van der Waals surface area contributed by atoms with Gasteiger partial charge in [-0.2, -0.15) is 8.42 Å². The first-order valence-electron chi connectivity index (χ1n) is 3.37. The SMILES string of the molecule is C.O=S(=O)=Nc1cccc(B(O)O)c1. The molecule has 0 aromatic heterocycles. The summed E-state index contributed by atoms with van der Waals surface area (Å²) in [5.74, 6) is 0. The first kappa shape index (κ1) is 12.8. The highest BCUT2D eigenvalue weighted by molar-refractivity contribution is 7.61. The molecule has 0 radical (unpaired) electrons. The van der Waals surface area contributed by atoms with E-state index in [0.717, 1.165) is 0 Å². The molecule has 1 aromatic carbocycles. The van der Waals surface area contributed by atoms with Gasteiger partial charge in [0.15, 0.2) is 0 Å². The molecule has 5 nitrogen and oxygen atoms in total. The van der Waals surface area contributed by atoms with Crippen molar-refractivity contribution in [2.24, 2.45) is 4.36 Å². The van der Waals surface area contributed by atoms with E-state index in [-0.39, 0.29) is 18.6 Å². The van der Waals surface area contributed by atoms with Crippen molar-refractivity contribution in [2.75, 3.05) is 0 Å². The number of hydrogen-bond donors (Lipinski definition) is 2. The lowest BCUT2D eigenvalue weighted by Crippen LogP contribution is -2.29. The second-order valence-electron chi connectivity index (χ2n) is 2.28. The van der Waals surface area contributed by atoms with E-state index < -0.39 is 17.6 Å².